The third-order valence-corrected chi connectivity index (χ3v) is 12.3. The number of carbonyl (C=O) groups excluding carboxylic acids is 2. The number of aliphatic hydroxyl groups is 2. The maximum absolute atomic E-state index is 13.2. The van der Waals surface area contributed by atoms with Crippen LogP contribution < -0.4 is 5.32 Å². The predicted molar refractivity (Wildman–Crippen MR) is 287 cm³/mol. The highest BCUT2D eigenvalue weighted by atomic mass is 16.5. The zero-order valence-electron chi connectivity index (χ0n) is 43.3. The molecule has 6 heteroatoms. The van der Waals surface area contributed by atoms with Crippen LogP contribution in [-0.4, -0.2) is 46.9 Å². The smallest absolute Gasteiger partial charge is 0.306 e. The Labute approximate surface area is 408 Å². The van der Waals surface area contributed by atoms with Gasteiger partial charge in [-0.3, -0.25) is 9.59 Å². The Morgan fingerprint density at radius 3 is 1.33 bits per heavy atom. The third-order valence-electron chi connectivity index (χ3n) is 12.3. The summed E-state index contributed by atoms with van der Waals surface area (Å²) in [6.45, 7) is 6.41. The molecule has 0 saturated carbocycles. The lowest BCUT2D eigenvalue weighted by atomic mass is 10.0. The van der Waals surface area contributed by atoms with Crippen molar-refractivity contribution in [1.29, 1.82) is 0 Å². The van der Waals surface area contributed by atoms with Gasteiger partial charge in [-0.2, -0.15) is 0 Å². The standard InChI is InChI=1S/C60H105NO5/c1-4-7-10-13-16-19-22-25-27-29-31-33-35-38-41-44-47-50-53-60(65)66-56(51-48-45-42-39-36-34-32-30-28-26-23-20-17-14-11-8-5-2)54-59(64)61-57(55-62)58(63)52-49-46-43-40-37-24-21-18-15-12-9-6-3/h16-17,19-20,22,25-29,31-34,56-58,62-63H,4-15,18,21,23-24,30,35-55H2,1-3H3,(H,61,64)/b19-16+,20-17-,25-22+,28-26-,29-27+,33-31+,34-32-. The Bertz CT molecular complexity index is 1260. The summed E-state index contributed by atoms with van der Waals surface area (Å²) in [6.07, 6.45) is 69.2. The molecule has 3 unspecified atom stereocenters. The Hall–Kier alpha value is -2.96. The molecule has 0 saturated heterocycles. The molecular weight excluding hydrogens is 815 g/mol. The summed E-state index contributed by atoms with van der Waals surface area (Å²) < 4.78 is 5.94. The number of carbonyl (C=O) groups is 2. The van der Waals surface area contributed by atoms with Gasteiger partial charge in [0, 0.05) is 6.42 Å². The summed E-state index contributed by atoms with van der Waals surface area (Å²) >= 11 is 0. The van der Waals surface area contributed by atoms with Crippen LogP contribution in [-0.2, 0) is 14.3 Å². The first-order valence-electron chi connectivity index (χ1n) is 27.9. The summed E-state index contributed by atoms with van der Waals surface area (Å²) in [5.41, 5.74) is 0. The van der Waals surface area contributed by atoms with Crippen molar-refractivity contribution in [3.05, 3.63) is 85.1 Å². The van der Waals surface area contributed by atoms with E-state index < -0.39 is 18.2 Å². The third kappa shape index (κ3) is 47.5. The van der Waals surface area contributed by atoms with E-state index in [4.69, 9.17) is 4.74 Å². The molecule has 0 aromatic carbocycles. The molecule has 0 heterocycles. The van der Waals surface area contributed by atoms with Crippen molar-refractivity contribution in [2.75, 3.05) is 6.61 Å². The van der Waals surface area contributed by atoms with Crippen molar-refractivity contribution in [1.82, 2.24) is 5.32 Å². The zero-order chi connectivity index (χ0) is 48.1. The first-order valence-corrected chi connectivity index (χ1v) is 27.9. The summed E-state index contributed by atoms with van der Waals surface area (Å²) in [5, 5.41) is 23.8. The average Bonchev–Trinajstić information content (AvgIpc) is 3.31. The number of rotatable bonds is 49. The van der Waals surface area contributed by atoms with Gasteiger partial charge in [0.25, 0.3) is 0 Å². The normalized spacial score (nSPS) is 13.8. The van der Waals surface area contributed by atoms with E-state index in [0.717, 1.165) is 109 Å². The number of hydrogen-bond acceptors (Lipinski definition) is 5. The highest BCUT2D eigenvalue weighted by molar-refractivity contribution is 5.77. The van der Waals surface area contributed by atoms with E-state index in [0.29, 0.717) is 19.3 Å². The summed E-state index contributed by atoms with van der Waals surface area (Å²) in [7, 11) is 0. The van der Waals surface area contributed by atoms with Gasteiger partial charge in [0.2, 0.25) is 5.91 Å². The van der Waals surface area contributed by atoms with Gasteiger partial charge in [0.1, 0.15) is 6.10 Å². The lowest BCUT2D eigenvalue weighted by molar-refractivity contribution is -0.151. The van der Waals surface area contributed by atoms with Gasteiger partial charge in [-0.25, -0.2) is 0 Å². The van der Waals surface area contributed by atoms with Crippen LogP contribution in [0.4, 0.5) is 0 Å². The van der Waals surface area contributed by atoms with Crippen molar-refractivity contribution in [2.45, 2.75) is 277 Å². The lowest BCUT2D eigenvalue weighted by Crippen LogP contribution is -2.46. The summed E-state index contributed by atoms with van der Waals surface area (Å²) in [5.74, 6) is -0.523. The first-order chi connectivity index (χ1) is 32.5. The number of ether oxygens (including phenoxy) is 1. The van der Waals surface area contributed by atoms with Crippen LogP contribution in [0.15, 0.2) is 85.1 Å². The first kappa shape index (κ1) is 63.0. The van der Waals surface area contributed by atoms with E-state index in [1.165, 1.54) is 103 Å². The number of nitrogens with one attached hydrogen (secondary N) is 1. The molecule has 3 N–H and O–H groups in total. The molecule has 6 nitrogen and oxygen atoms in total. The molecule has 0 bridgehead atoms. The Balaban J connectivity index is 4.70. The Morgan fingerprint density at radius 1 is 0.455 bits per heavy atom. The number of allylic oxidation sites excluding steroid dienone is 14. The zero-order valence-corrected chi connectivity index (χ0v) is 43.3. The lowest BCUT2D eigenvalue weighted by Gasteiger charge is -2.24. The molecule has 0 radical (unpaired) electrons. The fourth-order valence-electron chi connectivity index (χ4n) is 8.04. The minimum absolute atomic E-state index is 0.0492. The van der Waals surface area contributed by atoms with Crippen LogP contribution in [0.1, 0.15) is 258 Å². The maximum Gasteiger partial charge on any atom is 0.306 e. The van der Waals surface area contributed by atoms with Gasteiger partial charge in [-0.05, 0) is 89.9 Å². The quantitative estimate of drug-likeness (QED) is 0.0245. The molecule has 0 aliphatic heterocycles. The van der Waals surface area contributed by atoms with Crippen LogP contribution in [0.2, 0.25) is 0 Å². The van der Waals surface area contributed by atoms with E-state index in [9.17, 15) is 19.8 Å². The second-order valence-electron chi connectivity index (χ2n) is 18.7. The molecule has 0 spiro atoms. The van der Waals surface area contributed by atoms with E-state index in [1.807, 2.05) is 0 Å². The molecule has 380 valence electrons. The van der Waals surface area contributed by atoms with Gasteiger partial charge >= 0.3 is 5.97 Å². The molecule has 3 atom stereocenters. The molecule has 1 amide bonds. The SMILES string of the molecule is CCCCC/C=C\C/C=C\C/C=C\CCCCCCC(CC(=O)NC(CO)C(O)CCCCCCCCCCCCCC)OC(=O)CCCCCCC/C=C/C=C/C=C/C=C/CCCCC. The monoisotopic (exact) mass is 920 g/mol. The molecule has 0 aliphatic carbocycles. The summed E-state index contributed by atoms with van der Waals surface area (Å²) in [6, 6.07) is -0.719. The van der Waals surface area contributed by atoms with Gasteiger partial charge in [0.05, 0.1) is 25.2 Å². The van der Waals surface area contributed by atoms with Crippen molar-refractivity contribution in [2.24, 2.45) is 0 Å². The van der Waals surface area contributed by atoms with Crippen molar-refractivity contribution < 1.29 is 24.5 Å². The van der Waals surface area contributed by atoms with Gasteiger partial charge in [-0.15, -0.1) is 0 Å². The fourth-order valence-corrected chi connectivity index (χ4v) is 8.04. The van der Waals surface area contributed by atoms with E-state index in [-0.39, 0.29) is 24.9 Å². The molecule has 0 aromatic rings. The van der Waals surface area contributed by atoms with Crippen molar-refractivity contribution in [3.63, 3.8) is 0 Å². The van der Waals surface area contributed by atoms with Crippen LogP contribution in [0.25, 0.3) is 0 Å². The fraction of sp³-hybridized carbons (Fsp3) is 0.733. The number of unbranched alkanes of at least 4 members (excludes halogenated alkanes) is 26. The van der Waals surface area contributed by atoms with Crippen LogP contribution in [0, 0.1) is 0 Å². The van der Waals surface area contributed by atoms with E-state index in [1.54, 1.807) is 0 Å². The van der Waals surface area contributed by atoms with Crippen LogP contribution >= 0.6 is 0 Å². The van der Waals surface area contributed by atoms with E-state index in [2.05, 4.69) is 111 Å². The number of aliphatic hydroxyl groups excluding tert-OH is 2. The average molecular weight is 921 g/mol. The topological polar surface area (TPSA) is 95.9 Å². The summed E-state index contributed by atoms with van der Waals surface area (Å²) in [4.78, 5) is 26.2. The van der Waals surface area contributed by atoms with Gasteiger partial charge in [0.15, 0.2) is 0 Å². The molecule has 66 heavy (non-hydrogen) atoms. The Kier molecular flexibility index (Phi) is 50.6. The van der Waals surface area contributed by atoms with Crippen LogP contribution in [0.5, 0.6) is 0 Å². The number of esters is 1. The van der Waals surface area contributed by atoms with Crippen molar-refractivity contribution >= 4 is 11.9 Å². The van der Waals surface area contributed by atoms with E-state index >= 15 is 0 Å². The molecule has 0 fully saturated rings. The molecular formula is C60H105NO5. The molecule has 0 rings (SSSR count). The number of amides is 1. The van der Waals surface area contributed by atoms with Crippen LogP contribution in [0.3, 0.4) is 0 Å². The molecule has 0 aliphatic rings. The maximum atomic E-state index is 13.2. The predicted octanol–water partition coefficient (Wildman–Crippen LogP) is 17.1. The van der Waals surface area contributed by atoms with Crippen molar-refractivity contribution in [3.8, 4) is 0 Å². The van der Waals surface area contributed by atoms with Gasteiger partial charge < -0.3 is 20.3 Å². The highest BCUT2D eigenvalue weighted by Crippen LogP contribution is 2.17. The highest BCUT2D eigenvalue weighted by Gasteiger charge is 2.24. The second-order valence-corrected chi connectivity index (χ2v) is 18.7. The Morgan fingerprint density at radius 2 is 0.833 bits per heavy atom. The van der Waals surface area contributed by atoms with Gasteiger partial charge in [-0.1, -0.05) is 241 Å². The second kappa shape index (κ2) is 53.0. The molecule has 0 aromatic heterocycles. The minimum atomic E-state index is -0.803. The largest absolute Gasteiger partial charge is 0.462 e. The number of hydrogen-bond donors (Lipinski definition) is 3. The minimum Gasteiger partial charge on any atom is -0.462 e.